The molecule has 0 aliphatic heterocycles. The number of methoxy groups -OCH3 is 1. The second-order valence-corrected chi connectivity index (χ2v) is 5.11. The predicted molar refractivity (Wildman–Crippen MR) is 81.9 cm³/mol. The van der Waals surface area contributed by atoms with Crippen LogP contribution in [-0.2, 0) is 11.3 Å². The molecule has 2 N–H and O–H groups in total. The number of aromatic nitrogens is 2. The number of nitrogens with zero attached hydrogens (tertiary/aromatic N) is 2. The number of nitrogens with two attached hydrogens (primary N) is 1. The lowest BCUT2D eigenvalue weighted by molar-refractivity contribution is -0.0498. The van der Waals surface area contributed by atoms with Crippen LogP contribution in [0.1, 0.15) is 5.69 Å². The Kier molecular flexibility index (Phi) is 5.23. The van der Waals surface area contributed by atoms with E-state index in [0.717, 1.165) is 3.57 Å². The van der Waals surface area contributed by atoms with Gasteiger partial charge in [0, 0.05) is 12.7 Å². The fourth-order valence-corrected chi connectivity index (χ4v) is 2.06. The number of rotatable bonds is 5. The highest BCUT2D eigenvalue weighted by Gasteiger charge is 2.12. The third-order valence-corrected chi connectivity index (χ3v) is 3.74. The van der Waals surface area contributed by atoms with Crippen LogP contribution in [0, 0.1) is 3.57 Å². The van der Waals surface area contributed by atoms with Gasteiger partial charge in [0.15, 0.2) is 5.82 Å². The van der Waals surface area contributed by atoms with Crippen molar-refractivity contribution in [1.29, 1.82) is 0 Å². The molecule has 0 unspecified atom stereocenters. The van der Waals surface area contributed by atoms with Gasteiger partial charge in [-0.2, -0.15) is 8.78 Å². The van der Waals surface area contributed by atoms with Crippen LogP contribution in [0.15, 0.2) is 24.3 Å². The molecule has 0 bridgehead atoms. The summed E-state index contributed by atoms with van der Waals surface area (Å²) in [4.78, 5) is 8.56. The highest BCUT2D eigenvalue weighted by atomic mass is 127. The van der Waals surface area contributed by atoms with Gasteiger partial charge in [-0.15, -0.1) is 0 Å². The Morgan fingerprint density at radius 3 is 2.48 bits per heavy atom. The zero-order chi connectivity index (χ0) is 15.4. The standard InChI is InChI=1S/C13H12F2IN3O2/c1-20-6-9-10(16)11(17)19-12(18-9)7-2-4-8(5-3-7)21-13(14)15/h2-5,13H,6H2,1H3,(H2,17,18,19). The van der Waals surface area contributed by atoms with Gasteiger partial charge in [-0.05, 0) is 46.9 Å². The minimum absolute atomic E-state index is 0.0735. The van der Waals surface area contributed by atoms with Crippen molar-refractivity contribution in [3.63, 3.8) is 0 Å². The predicted octanol–water partition coefficient (Wildman–Crippen LogP) is 3.08. The number of alkyl halides is 2. The van der Waals surface area contributed by atoms with E-state index in [2.05, 4.69) is 14.7 Å². The van der Waals surface area contributed by atoms with E-state index in [9.17, 15) is 8.78 Å². The lowest BCUT2D eigenvalue weighted by Gasteiger charge is -2.09. The number of ether oxygens (including phenoxy) is 2. The molecule has 21 heavy (non-hydrogen) atoms. The van der Waals surface area contributed by atoms with E-state index in [1.165, 1.54) is 12.1 Å². The Bertz CT molecular complexity index is 624. The fourth-order valence-electron chi connectivity index (χ4n) is 1.66. The van der Waals surface area contributed by atoms with Gasteiger partial charge in [-0.25, -0.2) is 9.97 Å². The number of benzene rings is 1. The zero-order valence-electron chi connectivity index (χ0n) is 11.0. The molecule has 0 spiro atoms. The van der Waals surface area contributed by atoms with Gasteiger partial charge < -0.3 is 15.2 Å². The molecular formula is C13H12F2IN3O2. The molecule has 0 saturated heterocycles. The number of halogens is 3. The first-order valence-electron chi connectivity index (χ1n) is 5.87. The Labute approximate surface area is 133 Å². The molecule has 0 radical (unpaired) electrons. The third kappa shape index (κ3) is 3.97. The van der Waals surface area contributed by atoms with E-state index in [0.29, 0.717) is 29.5 Å². The average molecular weight is 407 g/mol. The largest absolute Gasteiger partial charge is 0.435 e. The van der Waals surface area contributed by atoms with E-state index in [1.807, 2.05) is 22.6 Å². The number of anilines is 1. The van der Waals surface area contributed by atoms with Crippen LogP contribution in [0.3, 0.4) is 0 Å². The summed E-state index contributed by atoms with van der Waals surface area (Å²) >= 11 is 2.05. The van der Waals surface area contributed by atoms with Gasteiger partial charge in [-0.1, -0.05) is 0 Å². The molecule has 1 aromatic heterocycles. The zero-order valence-corrected chi connectivity index (χ0v) is 13.2. The van der Waals surface area contributed by atoms with Crippen molar-refractivity contribution in [2.24, 2.45) is 0 Å². The topological polar surface area (TPSA) is 70.3 Å². The lowest BCUT2D eigenvalue weighted by atomic mass is 10.2. The minimum atomic E-state index is -2.85. The summed E-state index contributed by atoms with van der Waals surface area (Å²) in [6.07, 6.45) is 0. The van der Waals surface area contributed by atoms with E-state index in [-0.39, 0.29) is 5.75 Å². The van der Waals surface area contributed by atoms with Crippen molar-refractivity contribution in [3.05, 3.63) is 33.5 Å². The Hall–Kier alpha value is -1.55. The second kappa shape index (κ2) is 6.94. The summed E-state index contributed by atoms with van der Waals surface area (Å²) in [7, 11) is 1.56. The number of nitrogen functional groups attached to an aromatic ring is 1. The van der Waals surface area contributed by atoms with E-state index in [1.54, 1.807) is 19.2 Å². The maximum atomic E-state index is 12.1. The highest BCUT2D eigenvalue weighted by molar-refractivity contribution is 14.1. The van der Waals surface area contributed by atoms with Crippen LogP contribution in [-0.4, -0.2) is 23.7 Å². The van der Waals surface area contributed by atoms with Gasteiger partial charge in [0.25, 0.3) is 0 Å². The summed E-state index contributed by atoms with van der Waals surface area (Å²) < 4.78 is 34.3. The first-order chi connectivity index (χ1) is 10.0. The monoisotopic (exact) mass is 407 g/mol. The Morgan fingerprint density at radius 1 is 1.24 bits per heavy atom. The first-order valence-corrected chi connectivity index (χ1v) is 6.95. The van der Waals surface area contributed by atoms with Gasteiger partial charge in [0.2, 0.25) is 0 Å². The van der Waals surface area contributed by atoms with E-state index >= 15 is 0 Å². The van der Waals surface area contributed by atoms with Crippen LogP contribution >= 0.6 is 22.6 Å². The highest BCUT2D eigenvalue weighted by Crippen LogP contribution is 2.24. The normalized spacial score (nSPS) is 10.9. The number of hydrogen-bond acceptors (Lipinski definition) is 5. The molecule has 8 heteroatoms. The molecule has 1 aromatic carbocycles. The first kappa shape index (κ1) is 15.8. The second-order valence-electron chi connectivity index (χ2n) is 4.03. The molecule has 0 aliphatic rings. The maximum Gasteiger partial charge on any atom is 0.387 e. The summed E-state index contributed by atoms with van der Waals surface area (Å²) in [6, 6.07) is 6.04. The van der Waals surface area contributed by atoms with Crippen LogP contribution in [0.25, 0.3) is 11.4 Å². The van der Waals surface area contributed by atoms with Crippen molar-refractivity contribution < 1.29 is 18.3 Å². The molecule has 0 aliphatic carbocycles. The van der Waals surface area contributed by atoms with Gasteiger partial charge in [0.1, 0.15) is 11.6 Å². The van der Waals surface area contributed by atoms with Crippen LogP contribution < -0.4 is 10.5 Å². The summed E-state index contributed by atoms with van der Waals surface area (Å²) in [5.74, 6) is 0.827. The molecule has 1 heterocycles. The number of hydrogen-bond donors (Lipinski definition) is 1. The lowest BCUT2D eigenvalue weighted by Crippen LogP contribution is -2.06. The molecule has 5 nitrogen and oxygen atoms in total. The maximum absolute atomic E-state index is 12.1. The van der Waals surface area contributed by atoms with Crippen molar-refractivity contribution in [3.8, 4) is 17.1 Å². The van der Waals surface area contributed by atoms with E-state index < -0.39 is 6.61 Å². The minimum Gasteiger partial charge on any atom is -0.435 e. The van der Waals surface area contributed by atoms with Gasteiger partial charge >= 0.3 is 6.61 Å². The van der Waals surface area contributed by atoms with E-state index in [4.69, 9.17) is 10.5 Å². The SMILES string of the molecule is COCc1nc(-c2ccc(OC(F)F)cc2)nc(N)c1I. The fraction of sp³-hybridized carbons (Fsp3) is 0.231. The van der Waals surface area contributed by atoms with Crippen molar-refractivity contribution >= 4 is 28.4 Å². The van der Waals surface area contributed by atoms with Crippen molar-refractivity contribution in [1.82, 2.24) is 9.97 Å². The molecule has 0 fully saturated rings. The van der Waals surface area contributed by atoms with Gasteiger partial charge in [0.05, 0.1) is 15.9 Å². The molecule has 0 amide bonds. The molecule has 0 saturated carbocycles. The van der Waals surface area contributed by atoms with Crippen molar-refractivity contribution in [2.75, 3.05) is 12.8 Å². The van der Waals surface area contributed by atoms with Crippen LogP contribution in [0.5, 0.6) is 5.75 Å². The Morgan fingerprint density at radius 2 is 1.90 bits per heavy atom. The Balaban J connectivity index is 2.33. The van der Waals surface area contributed by atoms with Crippen LogP contribution in [0.4, 0.5) is 14.6 Å². The third-order valence-electron chi connectivity index (χ3n) is 2.56. The molecule has 2 rings (SSSR count). The van der Waals surface area contributed by atoms with Gasteiger partial charge in [-0.3, -0.25) is 0 Å². The molecule has 2 aromatic rings. The molecule has 112 valence electrons. The quantitative estimate of drug-likeness (QED) is 0.772. The average Bonchev–Trinajstić information content (AvgIpc) is 2.44. The summed E-state index contributed by atoms with van der Waals surface area (Å²) in [5.41, 5.74) is 7.17. The summed E-state index contributed by atoms with van der Waals surface area (Å²) in [6.45, 7) is -2.54. The smallest absolute Gasteiger partial charge is 0.387 e. The van der Waals surface area contributed by atoms with Crippen molar-refractivity contribution in [2.45, 2.75) is 13.2 Å². The summed E-state index contributed by atoms with van der Waals surface area (Å²) in [5, 5.41) is 0. The molecule has 0 atom stereocenters. The molecular weight excluding hydrogens is 395 g/mol. The van der Waals surface area contributed by atoms with Crippen LogP contribution in [0.2, 0.25) is 0 Å².